The molecule has 20 heavy (non-hydrogen) atoms. The molecule has 0 fully saturated rings. The van der Waals surface area contributed by atoms with Gasteiger partial charge in [-0.2, -0.15) is 5.10 Å². The van der Waals surface area contributed by atoms with Crippen LogP contribution in [0, 0.1) is 6.92 Å². The fourth-order valence-electron chi connectivity index (χ4n) is 2.19. The molecule has 108 valence electrons. The number of aryl methyl sites for hydroxylation is 2. The molecule has 0 aliphatic heterocycles. The van der Waals surface area contributed by atoms with Gasteiger partial charge in [0.25, 0.3) is 0 Å². The van der Waals surface area contributed by atoms with Crippen LogP contribution in [0.15, 0.2) is 30.3 Å². The van der Waals surface area contributed by atoms with Crippen molar-refractivity contribution in [1.82, 2.24) is 15.1 Å². The van der Waals surface area contributed by atoms with E-state index in [2.05, 4.69) is 36.4 Å². The van der Waals surface area contributed by atoms with Crippen molar-refractivity contribution in [2.75, 3.05) is 6.54 Å². The monoisotopic (exact) mass is 273 g/mol. The third-order valence-corrected chi connectivity index (χ3v) is 3.20. The van der Waals surface area contributed by atoms with Gasteiger partial charge in [-0.3, -0.25) is 4.68 Å². The van der Waals surface area contributed by atoms with E-state index in [9.17, 15) is 0 Å². The first kappa shape index (κ1) is 14.6. The van der Waals surface area contributed by atoms with Gasteiger partial charge in [-0.1, -0.05) is 25.1 Å². The van der Waals surface area contributed by atoms with Gasteiger partial charge >= 0.3 is 0 Å². The van der Waals surface area contributed by atoms with Crippen molar-refractivity contribution in [3.05, 3.63) is 47.3 Å². The van der Waals surface area contributed by atoms with Gasteiger partial charge in [0, 0.05) is 18.7 Å². The zero-order valence-electron chi connectivity index (χ0n) is 12.5. The van der Waals surface area contributed by atoms with E-state index in [1.165, 1.54) is 5.56 Å². The lowest BCUT2D eigenvalue weighted by Crippen LogP contribution is -2.13. The van der Waals surface area contributed by atoms with Crippen LogP contribution in [0.4, 0.5) is 0 Å². The van der Waals surface area contributed by atoms with E-state index >= 15 is 0 Å². The van der Waals surface area contributed by atoms with Crippen molar-refractivity contribution in [1.29, 1.82) is 0 Å². The Morgan fingerprint density at radius 3 is 2.80 bits per heavy atom. The van der Waals surface area contributed by atoms with Gasteiger partial charge in [0.1, 0.15) is 12.4 Å². The quantitative estimate of drug-likeness (QED) is 0.843. The second-order valence-electron chi connectivity index (χ2n) is 4.77. The first-order valence-corrected chi connectivity index (χ1v) is 7.19. The summed E-state index contributed by atoms with van der Waals surface area (Å²) in [5.74, 6) is 0.940. The summed E-state index contributed by atoms with van der Waals surface area (Å²) >= 11 is 0. The van der Waals surface area contributed by atoms with Crippen LogP contribution in [-0.4, -0.2) is 16.3 Å². The van der Waals surface area contributed by atoms with Crippen LogP contribution in [0.3, 0.4) is 0 Å². The molecule has 0 spiro atoms. The average molecular weight is 273 g/mol. The lowest BCUT2D eigenvalue weighted by molar-refractivity contribution is 0.289. The molecule has 0 aliphatic carbocycles. The second-order valence-corrected chi connectivity index (χ2v) is 4.77. The molecule has 2 aromatic rings. The number of para-hydroxylation sites is 1. The Bertz CT molecular complexity index is 548. The summed E-state index contributed by atoms with van der Waals surface area (Å²) in [6, 6.07) is 10.2. The van der Waals surface area contributed by atoms with E-state index in [-0.39, 0.29) is 0 Å². The van der Waals surface area contributed by atoms with Crippen molar-refractivity contribution in [3.8, 4) is 5.75 Å². The Balaban J connectivity index is 2.06. The van der Waals surface area contributed by atoms with Crippen LogP contribution in [0.5, 0.6) is 5.75 Å². The van der Waals surface area contributed by atoms with Crippen molar-refractivity contribution in [2.24, 2.45) is 0 Å². The Hall–Kier alpha value is -1.81. The van der Waals surface area contributed by atoms with E-state index < -0.39 is 0 Å². The Morgan fingerprint density at radius 2 is 2.05 bits per heavy atom. The molecule has 0 bridgehead atoms. The molecule has 0 saturated carbocycles. The minimum atomic E-state index is 0.553. The number of hydrogen-bond acceptors (Lipinski definition) is 3. The van der Waals surface area contributed by atoms with Crippen LogP contribution >= 0.6 is 0 Å². The summed E-state index contributed by atoms with van der Waals surface area (Å²) in [5.41, 5.74) is 3.34. The molecular formula is C16H23N3O. The molecule has 0 aliphatic rings. The third-order valence-electron chi connectivity index (χ3n) is 3.20. The maximum Gasteiger partial charge on any atom is 0.130 e. The highest BCUT2D eigenvalue weighted by Crippen LogP contribution is 2.19. The number of rotatable bonds is 7. The highest BCUT2D eigenvalue weighted by molar-refractivity contribution is 5.33. The maximum atomic E-state index is 5.98. The average Bonchev–Trinajstić information content (AvgIpc) is 2.84. The number of benzene rings is 1. The molecule has 1 N–H and O–H groups in total. The SMILES string of the molecule is CCNCc1ccccc1OCc1cc(C)nn1CC. The molecule has 4 nitrogen and oxygen atoms in total. The van der Waals surface area contributed by atoms with Crippen molar-refractivity contribution < 1.29 is 4.74 Å². The van der Waals surface area contributed by atoms with Gasteiger partial charge < -0.3 is 10.1 Å². The molecule has 1 heterocycles. The first-order valence-electron chi connectivity index (χ1n) is 7.19. The lowest BCUT2D eigenvalue weighted by Gasteiger charge is -2.12. The molecule has 4 heteroatoms. The van der Waals surface area contributed by atoms with Crippen LogP contribution < -0.4 is 10.1 Å². The lowest BCUT2D eigenvalue weighted by atomic mass is 10.2. The van der Waals surface area contributed by atoms with E-state index in [4.69, 9.17) is 4.74 Å². The smallest absolute Gasteiger partial charge is 0.130 e. The predicted molar refractivity (Wildman–Crippen MR) is 80.8 cm³/mol. The van der Waals surface area contributed by atoms with Crippen LogP contribution in [0.2, 0.25) is 0 Å². The normalized spacial score (nSPS) is 10.8. The molecule has 1 aromatic carbocycles. The minimum absolute atomic E-state index is 0.553. The van der Waals surface area contributed by atoms with Gasteiger partial charge in [0.15, 0.2) is 0 Å². The number of nitrogens with zero attached hydrogens (tertiary/aromatic N) is 2. The second kappa shape index (κ2) is 7.10. The predicted octanol–water partition coefficient (Wildman–Crippen LogP) is 2.90. The largest absolute Gasteiger partial charge is 0.487 e. The number of nitrogens with one attached hydrogen (secondary N) is 1. The molecule has 0 amide bonds. The Morgan fingerprint density at radius 1 is 1.25 bits per heavy atom. The molecule has 0 saturated heterocycles. The van der Waals surface area contributed by atoms with Gasteiger partial charge in [-0.25, -0.2) is 0 Å². The van der Waals surface area contributed by atoms with Crippen LogP contribution in [0.1, 0.15) is 30.8 Å². The molecule has 0 unspecified atom stereocenters. The molecule has 0 radical (unpaired) electrons. The summed E-state index contributed by atoms with van der Waals surface area (Å²) in [5, 5.41) is 7.77. The third kappa shape index (κ3) is 3.61. The van der Waals surface area contributed by atoms with Crippen molar-refractivity contribution in [3.63, 3.8) is 0 Å². The van der Waals surface area contributed by atoms with Crippen molar-refractivity contribution >= 4 is 0 Å². The summed E-state index contributed by atoms with van der Waals surface area (Å²) in [7, 11) is 0. The van der Waals surface area contributed by atoms with Gasteiger partial charge in [-0.05, 0) is 32.5 Å². The molecular weight excluding hydrogens is 250 g/mol. The Labute approximate surface area is 120 Å². The standard InChI is InChI=1S/C16H23N3O/c1-4-17-11-14-8-6-7-9-16(14)20-12-15-10-13(3)18-19(15)5-2/h6-10,17H,4-5,11-12H2,1-3H3. The van der Waals surface area contributed by atoms with Gasteiger partial charge in [0.05, 0.1) is 11.4 Å². The van der Waals surface area contributed by atoms with Gasteiger partial charge in [-0.15, -0.1) is 0 Å². The summed E-state index contributed by atoms with van der Waals surface area (Å²) < 4.78 is 7.96. The number of ether oxygens (including phenoxy) is 1. The summed E-state index contributed by atoms with van der Waals surface area (Å²) in [6.45, 7) is 9.41. The van der Waals surface area contributed by atoms with E-state index in [0.717, 1.165) is 36.8 Å². The summed E-state index contributed by atoms with van der Waals surface area (Å²) in [6.07, 6.45) is 0. The van der Waals surface area contributed by atoms with E-state index in [0.29, 0.717) is 6.61 Å². The topological polar surface area (TPSA) is 39.1 Å². The zero-order chi connectivity index (χ0) is 14.4. The van der Waals surface area contributed by atoms with Crippen molar-refractivity contribution in [2.45, 2.75) is 40.5 Å². The highest BCUT2D eigenvalue weighted by Gasteiger charge is 2.07. The fourth-order valence-corrected chi connectivity index (χ4v) is 2.19. The fraction of sp³-hybridized carbons (Fsp3) is 0.438. The van der Waals surface area contributed by atoms with E-state index in [1.807, 2.05) is 29.8 Å². The highest BCUT2D eigenvalue weighted by atomic mass is 16.5. The van der Waals surface area contributed by atoms with E-state index in [1.54, 1.807) is 0 Å². The Kier molecular flexibility index (Phi) is 5.18. The van der Waals surface area contributed by atoms with Crippen LogP contribution in [0.25, 0.3) is 0 Å². The minimum Gasteiger partial charge on any atom is -0.487 e. The molecule has 1 aromatic heterocycles. The molecule has 2 rings (SSSR count). The zero-order valence-corrected chi connectivity index (χ0v) is 12.5. The van der Waals surface area contributed by atoms with Gasteiger partial charge in [0.2, 0.25) is 0 Å². The van der Waals surface area contributed by atoms with Crippen LogP contribution in [-0.2, 0) is 19.7 Å². The summed E-state index contributed by atoms with van der Waals surface area (Å²) in [4.78, 5) is 0. The maximum absolute atomic E-state index is 5.98. The number of aromatic nitrogens is 2. The molecule has 0 atom stereocenters. The number of hydrogen-bond donors (Lipinski definition) is 1. The first-order chi connectivity index (χ1) is 9.74.